The smallest absolute Gasteiger partial charge is 0.145 e. The Morgan fingerprint density at radius 1 is 0.800 bits per heavy atom. The lowest BCUT2D eigenvalue weighted by atomic mass is 10.1. The maximum absolute atomic E-state index is 11.8. The Bertz CT molecular complexity index is 683. The van der Waals surface area contributed by atoms with Crippen LogP contribution in [0.5, 0.6) is 0 Å². The first-order chi connectivity index (χ1) is 12.0. The third-order valence-electron chi connectivity index (χ3n) is 3.63. The number of carbonyl (C=O) groups excluding carboxylic acids is 2. The first-order valence-corrected chi connectivity index (χ1v) is 8.41. The molecule has 2 rings (SSSR count). The molecule has 0 aliphatic heterocycles. The van der Waals surface area contributed by atoms with Gasteiger partial charge in [0.25, 0.3) is 0 Å². The van der Waals surface area contributed by atoms with Gasteiger partial charge in [-0.1, -0.05) is 60.7 Å². The summed E-state index contributed by atoms with van der Waals surface area (Å²) in [5.41, 5.74) is 3.04. The summed E-state index contributed by atoms with van der Waals surface area (Å²) in [7, 11) is 0. The number of benzene rings is 2. The molecule has 0 aromatic heterocycles. The molecular weight excluding hydrogens is 312 g/mol. The Balaban J connectivity index is 2.11. The van der Waals surface area contributed by atoms with E-state index in [2.05, 4.69) is 29.4 Å². The van der Waals surface area contributed by atoms with Crippen molar-refractivity contribution in [1.29, 1.82) is 0 Å². The van der Waals surface area contributed by atoms with E-state index in [1.54, 1.807) is 0 Å². The van der Waals surface area contributed by atoms with Gasteiger partial charge in [0.1, 0.15) is 11.6 Å². The van der Waals surface area contributed by atoms with Gasteiger partial charge in [0, 0.05) is 12.1 Å². The van der Waals surface area contributed by atoms with Gasteiger partial charge in [0.05, 0.1) is 19.5 Å². The fourth-order valence-corrected chi connectivity index (χ4v) is 2.62. The van der Waals surface area contributed by atoms with E-state index in [4.69, 9.17) is 0 Å². The summed E-state index contributed by atoms with van der Waals surface area (Å²) >= 11 is 0. The summed E-state index contributed by atoms with van der Waals surface area (Å²) in [4.78, 5) is 22.9. The van der Waals surface area contributed by atoms with Crippen molar-refractivity contribution in [3.63, 3.8) is 0 Å². The zero-order chi connectivity index (χ0) is 18.1. The summed E-state index contributed by atoms with van der Waals surface area (Å²) < 4.78 is 0. The van der Waals surface area contributed by atoms with Crippen molar-refractivity contribution >= 4 is 17.3 Å². The molecule has 0 amide bonds. The van der Waals surface area contributed by atoms with E-state index < -0.39 is 0 Å². The monoisotopic (exact) mass is 336 g/mol. The molecular formula is C21H24N2O2. The van der Waals surface area contributed by atoms with E-state index in [0.29, 0.717) is 13.1 Å². The topological polar surface area (TPSA) is 49.7 Å². The molecule has 0 unspecified atom stereocenters. The van der Waals surface area contributed by atoms with Crippen LogP contribution in [0, 0.1) is 0 Å². The maximum atomic E-state index is 11.8. The van der Waals surface area contributed by atoms with E-state index >= 15 is 0 Å². The number of nitrogens with zero attached hydrogens (tertiary/aromatic N) is 2. The van der Waals surface area contributed by atoms with Gasteiger partial charge in [-0.2, -0.15) is 5.10 Å². The van der Waals surface area contributed by atoms with Gasteiger partial charge in [-0.05, 0) is 25.0 Å². The van der Waals surface area contributed by atoms with Crippen LogP contribution in [-0.2, 0) is 22.7 Å². The summed E-state index contributed by atoms with van der Waals surface area (Å²) in [6, 6.07) is 20.2. The molecule has 0 radical (unpaired) electrons. The minimum Gasteiger partial charge on any atom is -0.300 e. The van der Waals surface area contributed by atoms with Gasteiger partial charge in [0.2, 0.25) is 0 Å². The predicted octanol–water partition coefficient (Wildman–Crippen LogP) is 4.00. The van der Waals surface area contributed by atoms with E-state index in [-0.39, 0.29) is 24.4 Å². The van der Waals surface area contributed by atoms with Gasteiger partial charge in [-0.25, -0.2) is 0 Å². The maximum Gasteiger partial charge on any atom is 0.145 e. The molecule has 0 saturated heterocycles. The first-order valence-electron chi connectivity index (χ1n) is 8.41. The second kappa shape index (κ2) is 9.52. The molecule has 130 valence electrons. The zero-order valence-corrected chi connectivity index (χ0v) is 14.8. The number of Topliss-reactive ketones (excluding diaryl/α,β-unsaturated/α-hetero) is 2. The molecule has 2 aromatic rings. The lowest BCUT2D eigenvalue weighted by molar-refractivity contribution is -0.125. The second-order valence-corrected chi connectivity index (χ2v) is 6.22. The molecule has 0 spiro atoms. The highest BCUT2D eigenvalue weighted by atomic mass is 16.1. The number of rotatable bonds is 9. The summed E-state index contributed by atoms with van der Waals surface area (Å²) in [6.07, 6.45) is 0.184. The third-order valence-corrected chi connectivity index (χ3v) is 3.63. The van der Waals surface area contributed by atoms with Crippen LogP contribution in [0.25, 0.3) is 0 Å². The van der Waals surface area contributed by atoms with Crippen LogP contribution in [0.1, 0.15) is 37.8 Å². The molecule has 0 N–H and O–H groups in total. The largest absolute Gasteiger partial charge is 0.300 e. The molecule has 0 aliphatic carbocycles. The van der Waals surface area contributed by atoms with E-state index in [0.717, 1.165) is 16.8 Å². The fraction of sp³-hybridized carbons (Fsp3) is 0.286. The highest BCUT2D eigenvalue weighted by molar-refractivity contribution is 6.07. The van der Waals surface area contributed by atoms with E-state index in [1.165, 1.54) is 6.92 Å². The Hall–Kier alpha value is -2.75. The number of hydrogen-bond donors (Lipinski definition) is 0. The van der Waals surface area contributed by atoms with Crippen LogP contribution in [0.2, 0.25) is 0 Å². The van der Waals surface area contributed by atoms with E-state index in [1.807, 2.05) is 48.3 Å². The average Bonchev–Trinajstić information content (AvgIpc) is 2.55. The van der Waals surface area contributed by atoms with Crippen LogP contribution >= 0.6 is 0 Å². The minimum atomic E-state index is -0.108. The molecule has 0 saturated carbocycles. The fourth-order valence-electron chi connectivity index (χ4n) is 2.62. The highest BCUT2D eigenvalue weighted by Crippen LogP contribution is 2.11. The van der Waals surface area contributed by atoms with E-state index in [9.17, 15) is 9.59 Å². The Kier molecular flexibility index (Phi) is 7.08. The zero-order valence-electron chi connectivity index (χ0n) is 14.8. The molecule has 4 nitrogen and oxygen atoms in total. The SMILES string of the molecule is CC(=O)CC(=O)CC(C)=NN(Cc1ccccc1)Cc1ccccc1. The van der Waals surface area contributed by atoms with Crippen molar-refractivity contribution in [3.05, 3.63) is 71.8 Å². The standard InChI is InChI=1S/C21H24N2O2/c1-17(13-21(25)14-18(2)24)22-23(15-19-9-5-3-6-10-19)16-20-11-7-4-8-12-20/h3-12H,13-16H2,1-2H3. The lowest BCUT2D eigenvalue weighted by Crippen LogP contribution is -2.20. The number of ketones is 2. The average molecular weight is 336 g/mol. The van der Waals surface area contributed by atoms with Crippen LogP contribution < -0.4 is 0 Å². The lowest BCUT2D eigenvalue weighted by Gasteiger charge is -2.20. The quantitative estimate of drug-likeness (QED) is 0.395. The van der Waals surface area contributed by atoms with Gasteiger partial charge in [-0.3, -0.25) is 14.6 Å². The van der Waals surface area contributed by atoms with Gasteiger partial charge in [-0.15, -0.1) is 0 Å². The Labute approximate surface area is 149 Å². The van der Waals surface area contributed by atoms with Crippen LogP contribution in [0.4, 0.5) is 0 Å². The predicted molar refractivity (Wildman–Crippen MR) is 100 cm³/mol. The Morgan fingerprint density at radius 3 is 1.72 bits per heavy atom. The van der Waals surface area contributed by atoms with Crippen molar-refractivity contribution in [2.24, 2.45) is 5.10 Å². The van der Waals surface area contributed by atoms with Crippen LogP contribution in [0.3, 0.4) is 0 Å². The molecule has 0 heterocycles. The summed E-state index contributed by atoms with van der Waals surface area (Å²) in [5.74, 6) is -0.198. The molecule has 2 aromatic carbocycles. The summed E-state index contributed by atoms with van der Waals surface area (Å²) in [6.45, 7) is 4.59. The molecule has 0 bridgehead atoms. The third kappa shape index (κ3) is 7.12. The van der Waals surface area contributed by atoms with Gasteiger partial charge in [0.15, 0.2) is 0 Å². The molecule has 4 heteroatoms. The summed E-state index contributed by atoms with van der Waals surface area (Å²) in [5, 5.41) is 6.59. The first kappa shape index (κ1) is 18.6. The molecule has 0 aliphatic rings. The second-order valence-electron chi connectivity index (χ2n) is 6.22. The van der Waals surface area contributed by atoms with Crippen molar-refractivity contribution in [3.8, 4) is 0 Å². The van der Waals surface area contributed by atoms with Gasteiger partial charge >= 0.3 is 0 Å². The Morgan fingerprint density at radius 2 is 1.28 bits per heavy atom. The van der Waals surface area contributed by atoms with Crippen molar-refractivity contribution in [1.82, 2.24) is 5.01 Å². The van der Waals surface area contributed by atoms with Crippen molar-refractivity contribution in [2.45, 2.75) is 39.8 Å². The molecule has 0 atom stereocenters. The van der Waals surface area contributed by atoms with Crippen molar-refractivity contribution < 1.29 is 9.59 Å². The van der Waals surface area contributed by atoms with Crippen molar-refractivity contribution in [2.75, 3.05) is 0 Å². The number of hydrazone groups is 1. The van der Waals surface area contributed by atoms with Crippen LogP contribution in [-0.4, -0.2) is 22.3 Å². The molecule has 0 fully saturated rings. The normalized spacial score (nSPS) is 11.2. The van der Waals surface area contributed by atoms with Gasteiger partial charge < -0.3 is 0 Å². The van der Waals surface area contributed by atoms with Crippen LogP contribution in [0.15, 0.2) is 65.8 Å². The highest BCUT2D eigenvalue weighted by Gasteiger charge is 2.10. The number of carbonyl (C=O) groups is 2. The molecule has 25 heavy (non-hydrogen) atoms. The minimum absolute atomic E-state index is 0.0236. The number of hydrogen-bond acceptors (Lipinski definition) is 4.